The third-order valence-corrected chi connectivity index (χ3v) is 7.39. The van der Waals surface area contributed by atoms with E-state index in [4.69, 9.17) is 5.73 Å². The van der Waals surface area contributed by atoms with Crippen molar-refractivity contribution in [2.24, 2.45) is 5.73 Å². The van der Waals surface area contributed by atoms with E-state index in [2.05, 4.69) is 78.1 Å². The van der Waals surface area contributed by atoms with Crippen LogP contribution in [0.1, 0.15) is 41.5 Å². The molecule has 5 rings (SSSR count). The third-order valence-electron chi connectivity index (χ3n) is 7.39. The molecule has 2 unspecified atom stereocenters. The van der Waals surface area contributed by atoms with Gasteiger partial charge in [-0.3, -0.25) is 9.59 Å². The number of nitrogens with zero attached hydrogens (tertiary/aromatic N) is 1. The molecular weight excluding hydrogens is 470 g/mol. The molecule has 4 aromatic rings. The van der Waals surface area contributed by atoms with Crippen LogP contribution in [0.2, 0.25) is 0 Å². The SMILES string of the molecule is NCCCCC1C(=O)NC(Cc2ccc3ccccc3c2)C(=O)N1Cc1ccc(Cc2ccccc2)cc1. The Balaban J connectivity index is 1.33. The van der Waals surface area contributed by atoms with E-state index in [1.54, 1.807) is 4.90 Å². The van der Waals surface area contributed by atoms with Crippen LogP contribution in [0, 0.1) is 0 Å². The van der Waals surface area contributed by atoms with Crippen molar-refractivity contribution in [2.75, 3.05) is 6.54 Å². The zero-order valence-corrected chi connectivity index (χ0v) is 21.7. The van der Waals surface area contributed by atoms with Crippen LogP contribution in [0.15, 0.2) is 97.1 Å². The van der Waals surface area contributed by atoms with E-state index < -0.39 is 12.1 Å². The minimum Gasteiger partial charge on any atom is -0.342 e. The molecular formula is C33H35N3O2. The number of nitrogens with one attached hydrogen (secondary N) is 1. The Bertz CT molecular complexity index is 1380. The zero-order chi connectivity index (χ0) is 26.3. The fraction of sp³-hybridized carbons (Fsp3) is 0.273. The number of benzene rings is 4. The summed E-state index contributed by atoms with van der Waals surface area (Å²) in [6.07, 6.45) is 3.59. The smallest absolute Gasteiger partial charge is 0.246 e. The number of unbranched alkanes of at least 4 members (excludes halogenated alkanes) is 1. The van der Waals surface area contributed by atoms with Crippen LogP contribution in [0.5, 0.6) is 0 Å². The Morgan fingerprint density at radius 3 is 2.13 bits per heavy atom. The molecule has 1 heterocycles. The van der Waals surface area contributed by atoms with Gasteiger partial charge in [-0.1, -0.05) is 97.1 Å². The highest BCUT2D eigenvalue weighted by Gasteiger charge is 2.40. The van der Waals surface area contributed by atoms with Gasteiger partial charge in [0.2, 0.25) is 11.8 Å². The van der Waals surface area contributed by atoms with Gasteiger partial charge in [0.1, 0.15) is 12.1 Å². The molecule has 1 fully saturated rings. The molecule has 0 aromatic heterocycles. The summed E-state index contributed by atoms with van der Waals surface area (Å²) < 4.78 is 0. The Morgan fingerprint density at radius 2 is 1.37 bits per heavy atom. The number of hydrogen-bond acceptors (Lipinski definition) is 3. The van der Waals surface area contributed by atoms with Crippen molar-refractivity contribution < 1.29 is 9.59 Å². The van der Waals surface area contributed by atoms with Crippen molar-refractivity contribution in [3.8, 4) is 0 Å². The summed E-state index contributed by atoms with van der Waals surface area (Å²) in [6, 6.07) is 32.1. The van der Waals surface area contributed by atoms with E-state index in [1.807, 2.05) is 24.3 Å². The molecule has 0 bridgehead atoms. The van der Waals surface area contributed by atoms with Gasteiger partial charge in [-0.2, -0.15) is 0 Å². The highest BCUT2D eigenvalue weighted by Crippen LogP contribution is 2.23. The fourth-order valence-corrected chi connectivity index (χ4v) is 5.31. The average Bonchev–Trinajstić information content (AvgIpc) is 2.94. The molecule has 0 saturated carbocycles. The predicted octanol–water partition coefficient (Wildman–Crippen LogP) is 5.00. The first kappa shape index (κ1) is 25.7. The summed E-state index contributed by atoms with van der Waals surface area (Å²) in [4.78, 5) is 28.8. The van der Waals surface area contributed by atoms with Crippen molar-refractivity contribution in [1.82, 2.24) is 10.2 Å². The van der Waals surface area contributed by atoms with Gasteiger partial charge in [-0.25, -0.2) is 0 Å². The molecule has 2 amide bonds. The number of fused-ring (bicyclic) bond motifs is 1. The van der Waals surface area contributed by atoms with Crippen LogP contribution >= 0.6 is 0 Å². The number of piperazine rings is 1. The average molecular weight is 506 g/mol. The monoisotopic (exact) mass is 505 g/mol. The Kier molecular flexibility index (Phi) is 8.15. The maximum atomic E-state index is 13.8. The van der Waals surface area contributed by atoms with Gasteiger partial charge in [0.15, 0.2) is 0 Å². The van der Waals surface area contributed by atoms with Gasteiger partial charge < -0.3 is 16.0 Å². The minimum absolute atomic E-state index is 0.0242. The lowest BCUT2D eigenvalue weighted by Crippen LogP contribution is -2.63. The Hall–Kier alpha value is -3.96. The van der Waals surface area contributed by atoms with Crippen molar-refractivity contribution >= 4 is 22.6 Å². The Morgan fingerprint density at radius 1 is 0.711 bits per heavy atom. The number of carbonyl (C=O) groups is 2. The molecule has 3 N–H and O–H groups in total. The topological polar surface area (TPSA) is 75.4 Å². The number of nitrogens with two attached hydrogens (primary N) is 1. The van der Waals surface area contributed by atoms with Gasteiger partial charge >= 0.3 is 0 Å². The molecule has 0 radical (unpaired) electrons. The molecule has 1 aliphatic heterocycles. The van der Waals surface area contributed by atoms with Gasteiger partial charge in [0.25, 0.3) is 0 Å². The van der Waals surface area contributed by atoms with Crippen LogP contribution in [0.3, 0.4) is 0 Å². The molecule has 0 spiro atoms. The molecule has 194 valence electrons. The molecule has 5 heteroatoms. The number of rotatable bonds is 10. The third kappa shape index (κ3) is 6.12. The molecule has 1 saturated heterocycles. The lowest BCUT2D eigenvalue weighted by Gasteiger charge is -2.39. The van der Waals surface area contributed by atoms with Crippen LogP contribution < -0.4 is 11.1 Å². The van der Waals surface area contributed by atoms with Crippen LogP contribution in [-0.2, 0) is 29.0 Å². The molecule has 2 atom stereocenters. The second-order valence-corrected chi connectivity index (χ2v) is 10.2. The van der Waals surface area contributed by atoms with E-state index in [-0.39, 0.29) is 11.8 Å². The van der Waals surface area contributed by atoms with Crippen LogP contribution in [0.4, 0.5) is 0 Å². The number of hydrogen-bond donors (Lipinski definition) is 2. The first-order valence-electron chi connectivity index (χ1n) is 13.5. The molecule has 1 aliphatic rings. The van der Waals surface area contributed by atoms with E-state index in [0.717, 1.165) is 41.2 Å². The number of amides is 2. The lowest BCUT2D eigenvalue weighted by atomic mass is 9.95. The van der Waals surface area contributed by atoms with E-state index >= 15 is 0 Å². The molecule has 0 aliphatic carbocycles. The second-order valence-electron chi connectivity index (χ2n) is 10.2. The summed E-state index contributed by atoms with van der Waals surface area (Å²) in [5.74, 6) is -0.100. The van der Waals surface area contributed by atoms with Crippen LogP contribution in [-0.4, -0.2) is 35.3 Å². The maximum Gasteiger partial charge on any atom is 0.246 e. The first-order valence-corrected chi connectivity index (χ1v) is 13.5. The molecule has 5 nitrogen and oxygen atoms in total. The van der Waals surface area contributed by atoms with Crippen molar-refractivity contribution in [3.05, 3.63) is 119 Å². The zero-order valence-electron chi connectivity index (χ0n) is 21.7. The van der Waals surface area contributed by atoms with Crippen LogP contribution in [0.25, 0.3) is 10.8 Å². The summed E-state index contributed by atoms with van der Waals surface area (Å²) in [6.45, 7) is 0.995. The molecule has 38 heavy (non-hydrogen) atoms. The number of carbonyl (C=O) groups excluding carboxylic acids is 2. The summed E-state index contributed by atoms with van der Waals surface area (Å²) in [5.41, 5.74) is 10.2. The minimum atomic E-state index is -0.577. The van der Waals surface area contributed by atoms with Gasteiger partial charge in [0.05, 0.1) is 0 Å². The standard InChI is InChI=1S/C33H35N3O2/c34-19-7-6-12-31-32(37)35-30(22-27-17-18-28-10-4-5-11-29(28)21-27)33(38)36(31)23-26-15-13-25(14-16-26)20-24-8-2-1-3-9-24/h1-5,8-11,13-18,21,30-31H,6-7,12,19-20,22-23,34H2,(H,35,37). The van der Waals surface area contributed by atoms with E-state index in [0.29, 0.717) is 25.9 Å². The fourth-order valence-electron chi connectivity index (χ4n) is 5.31. The highest BCUT2D eigenvalue weighted by atomic mass is 16.2. The quantitative estimate of drug-likeness (QED) is 0.298. The molecule has 4 aromatic carbocycles. The first-order chi connectivity index (χ1) is 18.6. The van der Waals surface area contributed by atoms with E-state index in [9.17, 15) is 9.59 Å². The largest absolute Gasteiger partial charge is 0.342 e. The van der Waals surface area contributed by atoms with Gasteiger partial charge in [-0.15, -0.1) is 0 Å². The van der Waals surface area contributed by atoms with E-state index in [1.165, 1.54) is 11.1 Å². The van der Waals surface area contributed by atoms with Gasteiger partial charge in [-0.05, 0) is 65.3 Å². The summed E-state index contributed by atoms with van der Waals surface area (Å²) in [7, 11) is 0. The highest BCUT2D eigenvalue weighted by molar-refractivity contribution is 5.97. The predicted molar refractivity (Wildman–Crippen MR) is 153 cm³/mol. The van der Waals surface area contributed by atoms with Crippen molar-refractivity contribution in [1.29, 1.82) is 0 Å². The summed E-state index contributed by atoms with van der Waals surface area (Å²) >= 11 is 0. The van der Waals surface area contributed by atoms with Crippen molar-refractivity contribution in [2.45, 2.75) is 50.7 Å². The maximum absolute atomic E-state index is 13.8. The Labute approximate surface area is 224 Å². The second kappa shape index (κ2) is 12.1. The summed E-state index contributed by atoms with van der Waals surface area (Å²) in [5, 5.41) is 5.32. The van der Waals surface area contributed by atoms with Gasteiger partial charge in [0, 0.05) is 13.0 Å². The normalized spacial score (nSPS) is 17.6. The van der Waals surface area contributed by atoms with Crippen molar-refractivity contribution in [3.63, 3.8) is 0 Å². The lowest BCUT2D eigenvalue weighted by molar-refractivity contribution is -0.150.